The van der Waals surface area contributed by atoms with Gasteiger partial charge in [0.15, 0.2) is 0 Å². The van der Waals surface area contributed by atoms with Crippen molar-refractivity contribution in [2.24, 2.45) is 11.7 Å². The molecule has 0 aliphatic carbocycles. The van der Waals surface area contributed by atoms with Gasteiger partial charge in [-0.3, -0.25) is 4.79 Å². The highest BCUT2D eigenvalue weighted by molar-refractivity contribution is 5.77. The molecule has 22 heavy (non-hydrogen) atoms. The van der Waals surface area contributed by atoms with Gasteiger partial charge in [0.1, 0.15) is 0 Å². The number of carbonyl (C=O) groups is 1. The Morgan fingerprint density at radius 2 is 2.18 bits per heavy atom. The lowest BCUT2D eigenvalue weighted by Crippen LogP contribution is -2.52. The van der Waals surface area contributed by atoms with E-state index in [2.05, 4.69) is 31.3 Å². The molecule has 1 heterocycles. The summed E-state index contributed by atoms with van der Waals surface area (Å²) in [6.45, 7) is 7.41. The minimum Gasteiger partial charge on any atom is -0.373 e. The van der Waals surface area contributed by atoms with E-state index in [0.29, 0.717) is 25.5 Å². The molecule has 122 valence electrons. The first kappa shape index (κ1) is 17.0. The van der Waals surface area contributed by atoms with E-state index in [1.165, 1.54) is 5.56 Å². The van der Waals surface area contributed by atoms with Gasteiger partial charge in [-0.1, -0.05) is 38.1 Å². The van der Waals surface area contributed by atoms with Crippen molar-refractivity contribution in [2.75, 3.05) is 13.2 Å². The van der Waals surface area contributed by atoms with Crippen LogP contribution in [0.5, 0.6) is 0 Å². The molecular formula is C18H28N2O2. The van der Waals surface area contributed by atoms with Crippen LogP contribution >= 0.6 is 0 Å². The number of ether oxygens (including phenoxy) is 1. The summed E-state index contributed by atoms with van der Waals surface area (Å²) in [5, 5.41) is 3.11. The van der Waals surface area contributed by atoms with Crippen LogP contribution in [0.25, 0.3) is 0 Å². The fourth-order valence-corrected chi connectivity index (χ4v) is 3.29. The zero-order chi connectivity index (χ0) is 16.2. The number of fused-ring (bicyclic) bond motifs is 1. The Kier molecular flexibility index (Phi) is 5.59. The molecule has 4 nitrogen and oxygen atoms in total. The van der Waals surface area contributed by atoms with Gasteiger partial charge in [-0.05, 0) is 36.8 Å². The lowest BCUT2D eigenvalue weighted by molar-refractivity contribution is -0.126. The summed E-state index contributed by atoms with van der Waals surface area (Å²) in [4.78, 5) is 12.4. The standard InChI is InChI=1S/C18H28N2O2/c1-13(2)11-18(3,12-19)20-17(21)10-16-15-7-5-4-6-14(15)8-9-22-16/h4-7,13,16H,8-12,19H2,1-3H3,(H,20,21). The van der Waals surface area contributed by atoms with Crippen LogP contribution in [0.2, 0.25) is 0 Å². The fourth-order valence-electron chi connectivity index (χ4n) is 3.29. The number of hydrogen-bond donors (Lipinski definition) is 2. The van der Waals surface area contributed by atoms with E-state index < -0.39 is 0 Å². The summed E-state index contributed by atoms with van der Waals surface area (Å²) in [6, 6.07) is 8.21. The van der Waals surface area contributed by atoms with Crippen LogP contribution < -0.4 is 11.1 Å². The van der Waals surface area contributed by atoms with Gasteiger partial charge in [0.2, 0.25) is 5.91 Å². The number of nitrogens with two attached hydrogens (primary N) is 1. The summed E-state index contributed by atoms with van der Waals surface area (Å²) >= 11 is 0. The molecule has 1 amide bonds. The molecule has 0 saturated heterocycles. The first-order valence-electron chi connectivity index (χ1n) is 8.14. The van der Waals surface area contributed by atoms with Crippen molar-refractivity contribution in [3.05, 3.63) is 35.4 Å². The van der Waals surface area contributed by atoms with Gasteiger partial charge >= 0.3 is 0 Å². The van der Waals surface area contributed by atoms with E-state index in [1.54, 1.807) is 0 Å². The molecule has 1 aromatic carbocycles. The Hall–Kier alpha value is -1.39. The molecule has 0 radical (unpaired) electrons. The molecule has 2 unspecified atom stereocenters. The molecule has 1 aromatic rings. The number of nitrogens with one attached hydrogen (secondary N) is 1. The van der Waals surface area contributed by atoms with Crippen molar-refractivity contribution in [1.29, 1.82) is 0 Å². The number of amides is 1. The maximum atomic E-state index is 12.4. The van der Waals surface area contributed by atoms with Crippen LogP contribution in [0, 0.1) is 5.92 Å². The van der Waals surface area contributed by atoms with Gasteiger partial charge < -0.3 is 15.8 Å². The number of hydrogen-bond acceptors (Lipinski definition) is 3. The van der Waals surface area contributed by atoms with E-state index in [4.69, 9.17) is 10.5 Å². The Bertz CT molecular complexity index is 516. The second kappa shape index (κ2) is 7.25. The largest absolute Gasteiger partial charge is 0.373 e. The van der Waals surface area contributed by atoms with Crippen molar-refractivity contribution in [2.45, 2.75) is 51.7 Å². The monoisotopic (exact) mass is 304 g/mol. The number of rotatable bonds is 6. The highest BCUT2D eigenvalue weighted by Crippen LogP contribution is 2.29. The lowest BCUT2D eigenvalue weighted by Gasteiger charge is -2.32. The Labute approximate surface area is 133 Å². The molecule has 4 heteroatoms. The number of benzene rings is 1. The topological polar surface area (TPSA) is 64.3 Å². The van der Waals surface area contributed by atoms with Crippen molar-refractivity contribution in [1.82, 2.24) is 5.32 Å². The molecule has 0 saturated carbocycles. The van der Waals surface area contributed by atoms with Gasteiger partial charge in [0, 0.05) is 12.1 Å². The predicted octanol–water partition coefficient (Wildman–Crippen LogP) is 2.57. The Morgan fingerprint density at radius 1 is 1.45 bits per heavy atom. The lowest BCUT2D eigenvalue weighted by atomic mass is 9.90. The molecule has 0 bridgehead atoms. The van der Waals surface area contributed by atoms with Crippen molar-refractivity contribution in [3.63, 3.8) is 0 Å². The predicted molar refractivity (Wildman–Crippen MR) is 88.5 cm³/mol. The van der Waals surface area contributed by atoms with E-state index in [9.17, 15) is 4.79 Å². The average molecular weight is 304 g/mol. The fraction of sp³-hybridized carbons (Fsp3) is 0.611. The van der Waals surface area contributed by atoms with Crippen LogP contribution in [0.1, 0.15) is 50.8 Å². The second-order valence-corrected chi connectivity index (χ2v) is 6.92. The van der Waals surface area contributed by atoms with Gasteiger partial charge in [-0.15, -0.1) is 0 Å². The second-order valence-electron chi connectivity index (χ2n) is 6.92. The van der Waals surface area contributed by atoms with Crippen molar-refractivity contribution in [3.8, 4) is 0 Å². The van der Waals surface area contributed by atoms with E-state index in [-0.39, 0.29) is 17.6 Å². The van der Waals surface area contributed by atoms with Gasteiger partial charge in [-0.2, -0.15) is 0 Å². The summed E-state index contributed by atoms with van der Waals surface area (Å²) < 4.78 is 5.81. The zero-order valence-electron chi connectivity index (χ0n) is 13.9. The molecule has 1 aliphatic rings. The molecule has 2 rings (SSSR count). The first-order valence-corrected chi connectivity index (χ1v) is 8.14. The van der Waals surface area contributed by atoms with E-state index in [1.807, 2.05) is 19.1 Å². The van der Waals surface area contributed by atoms with Gasteiger partial charge in [-0.25, -0.2) is 0 Å². The van der Waals surface area contributed by atoms with Crippen LogP contribution in [-0.4, -0.2) is 24.6 Å². The summed E-state index contributed by atoms with van der Waals surface area (Å²) in [7, 11) is 0. The van der Waals surface area contributed by atoms with E-state index in [0.717, 1.165) is 18.4 Å². The maximum absolute atomic E-state index is 12.4. The minimum absolute atomic E-state index is 0.00954. The zero-order valence-corrected chi connectivity index (χ0v) is 13.9. The minimum atomic E-state index is -0.348. The smallest absolute Gasteiger partial charge is 0.223 e. The summed E-state index contributed by atoms with van der Waals surface area (Å²) in [5.41, 5.74) is 7.95. The quantitative estimate of drug-likeness (QED) is 0.849. The molecular weight excluding hydrogens is 276 g/mol. The Morgan fingerprint density at radius 3 is 2.86 bits per heavy atom. The molecule has 0 spiro atoms. The van der Waals surface area contributed by atoms with Crippen LogP contribution in [-0.2, 0) is 16.0 Å². The van der Waals surface area contributed by atoms with Gasteiger partial charge in [0.05, 0.1) is 19.1 Å². The maximum Gasteiger partial charge on any atom is 0.223 e. The highest BCUT2D eigenvalue weighted by atomic mass is 16.5. The van der Waals surface area contributed by atoms with Crippen LogP contribution in [0.3, 0.4) is 0 Å². The van der Waals surface area contributed by atoms with Crippen LogP contribution in [0.4, 0.5) is 0 Å². The summed E-state index contributed by atoms with van der Waals surface area (Å²) in [6.07, 6.45) is 2.00. The van der Waals surface area contributed by atoms with Crippen molar-refractivity contribution < 1.29 is 9.53 Å². The SMILES string of the molecule is CC(C)CC(C)(CN)NC(=O)CC1OCCc2ccccc21. The molecule has 2 atom stereocenters. The molecule has 3 N–H and O–H groups in total. The third kappa shape index (κ3) is 4.31. The summed E-state index contributed by atoms with van der Waals surface area (Å²) in [5.74, 6) is 0.496. The average Bonchev–Trinajstić information content (AvgIpc) is 2.46. The number of carbonyl (C=O) groups excluding carboxylic acids is 1. The Balaban J connectivity index is 2.01. The third-order valence-electron chi connectivity index (χ3n) is 4.21. The van der Waals surface area contributed by atoms with Crippen LogP contribution in [0.15, 0.2) is 24.3 Å². The van der Waals surface area contributed by atoms with Crippen molar-refractivity contribution >= 4 is 5.91 Å². The highest BCUT2D eigenvalue weighted by Gasteiger charge is 2.29. The molecule has 1 aliphatic heterocycles. The molecule has 0 aromatic heterocycles. The molecule has 0 fully saturated rings. The first-order chi connectivity index (χ1) is 10.4. The third-order valence-corrected chi connectivity index (χ3v) is 4.21. The van der Waals surface area contributed by atoms with Gasteiger partial charge in [0.25, 0.3) is 0 Å². The normalized spacial score (nSPS) is 20.3. The van der Waals surface area contributed by atoms with E-state index >= 15 is 0 Å².